The summed E-state index contributed by atoms with van der Waals surface area (Å²) in [6, 6.07) is 5.50. The van der Waals surface area contributed by atoms with E-state index in [1.165, 1.54) is 0 Å². The maximum atomic E-state index is 11.7. The third-order valence-electron chi connectivity index (χ3n) is 2.16. The van der Waals surface area contributed by atoms with Crippen LogP contribution in [0.5, 0.6) is 0 Å². The van der Waals surface area contributed by atoms with Crippen molar-refractivity contribution in [2.75, 3.05) is 5.32 Å². The molecule has 0 spiro atoms. The van der Waals surface area contributed by atoms with Gasteiger partial charge in [0.1, 0.15) is 23.6 Å². The molecule has 0 aromatic carbocycles. The van der Waals surface area contributed by atoms with Crippen LogP contribution in [0, 0.1) is 0 Å². The molecule has 0 saturated carbocycles. The third-order valence-corrected chi connectivity index (χ3v) is 2.16. The molecule has 6 heteroatoms. The summed E-state index contributed by atoms with van der Waals surface area (Å²) >= 11 is 0. The Labute approximate surface area is 111 Å². The van der Waals surface area contributed by atoms with Crippen molar-refractivity contribution in [1.29, 1.82) is 0 Å². The number of rotatable bonds is 2. The first-order chi connectivity index (χ1) is 8.96. The van der Waals surface area contributed by atoms with Gasteiger partial charge in [-0.1, -0.05) is 6.07 Å². The molecular weight excluding hydrogens is 244 g/mol. The Hall–Kier alpha value is -2.37. The molecule has 1 amide bonds. The van der Waals surface area contributed by atoms with Gasteiger partial charge in [0.05, 0.1) is 6.20 Å². The molecule has 0 bridgehead atoms. The fraction of sp³-hybridized carbons (Fsp3) is 0.308. The van der Waals surface area contributed by atoms with Crippen molar-refractivity contribution in [1.82, 2.24) is 14.5 Å². The molecule has 2 heterocycles. The molecule has 2 aromatic heterocycles. The first-order valence-electron chi connectivity index (χ1n) is 5.89. The number of hydrogen-bond acceptors (Lipinski definition) is 4. The van der Waals surface area contributed by atoms with Crippen molar-refractivity contribution in [3.63, 3.8) is 0 Å². The number of nitrogens with zero attached hydrogens (tertiary/aromatic N) is 3. The van der Waals surface area contributed by atoms with Crippen LogP contribution >= 0.6 is 0 Å². The number of anilines is 1. The summed E-state index contributed by atoms with van der Waals surface area (Å²) in [5, 5.41) is 2.64. The summed E-state index contributed by atoms with van der Waals surface area (Å²) in [4.78, 5) is 19.9. The molecule has 0 fully saturated rings. The normalized spacial score (nSPS) is 11.1. The summed E-state index contributed by atoms with van der Waals surface area (Å²) in [6.45, 7) is 5.42. The quantitative estimate of drug-likeness (QED) is 0.901. The Balaban J connectivity index is 2.15. The Morgan fingerprint density at radius 2 is 2.16 bits per heavy atom. The summed E-state index contributed by atoms with van der Waals surface area (Å²) in [7, 11) is 0. The standard InChI is InChI=1S/C13H16N4O2/c1-13(2,3)19-12(18)16-11-8-14-9-17(11)10-6-4-5-7-15-10/h4-9H,1-3H3,(H,16,18). The molecule has 19 heavy (non-hydrogen) atoms. The summed E-state index contributed by atoms with van der Waals surface area (Å²) < 4.78 is 6.86. The minimum absolute atomic E-state index is 0.507. The van der Waals surface area contributed by atoms with Gasteiger partial charge in [0.25, 0.3) is 0 Å². The summed E-state index contributed by atoms with van der Waals surface area (Å²) in [5.41, 5.74) is -0.542. The number of ether oxygens (including phenoxy) is 1. The van der Waals surface area contributed by atoms with Gasteiger partial charge in [0, 0.05) is 6.20 Å². The molecule has 0 aliphatic heterocycles. The van der Waals surface area contributed by atoms with Crippen molar-refractivity contribution in [2.24, 2.45) is 0 Å². The van der Waals surface area contributed by atoms with Gasteiger partial charge < -0.3 is 4.74 Å². The van der Waals surface area contributed by atoms with Crippen LogP contribution in [0.4, 0.5) is 10.6 Å². The third kappa shape index (κ3) is 3.54. The zero-order chi connectivity index (χ0) is 13.9. The zero-order valence-corrected chi connectivity index (χ0v) is 11.1. The lowest BCUT2D eigenvalue weighted by molar-refractivity contribution is 0.0635. The smallest absolute Gasteiger partial charge is 0.413 e. The highest BCUT2D eigenvalue weighted by Gasteiger charge is 2.17. The molecule has 0 radical (unpaired) electrons. The van der Waals surface area contributed by atoms with Gasteiger partial charge in [0.15, 0.2) is 0 Å². The van der Waals surface area contributed by atoms with Gasteiger partial charge >= 0.3 is 6.09 Å². The SMILES string of the molecule is CC(C)(C)OC(=O)Nc1cncn1-c1ccccn1. The second-order valence-electron chi connectivity index (χ2n) is 4.96. The van der Waals surface area contributed by atoms with Crippen LogP contribution in [-0.2, 0) is 4.74 Å². The summed E-state index contributed by atoms with van der Waals surface area (Å²) in [5.74, 6) is 1.18. The van der Waals surface area contributed by atoms with Gasteiger partial charge in [0.2, 0.25) is 0 Å². The molecule has 0 aliphatic carbocycles. The lowest BCUT2D eigenvalue weighted by Crippen LogP contribution is -2.27. The van der Waals surface area contributed by atoms with E-state index in [0.717, 1.165) is 0 Å². The van der Waals surface area contributed by atoms with Crippen LogP contribution in [-0.4, -0.2) is 26.2 Å². The molecule has 0 aliphatic rings. The highest BCUT2D eigenvalue weighted by molar-refractivity contribution is 5.83. The number of imidazole rings is 1. The molecule has 0 atom stereocenters. The first kappa shape index (κ1) is 13.1. The van der Waals surface area contributed by atoms with Crippen LogP contribution in [0.3, 0.4) is 0 Å². The van der Waals surface area contributed by atoms with E-state index in [1.807, 2.05) is 39.0 Å². The van der Waals surface area contributed by atoms with E-state index in [1.54, 1.807) is 23.3 Å². The average Bonchev–Trinajstić information content (AvgIpc) is 2.75. The molecule has 1 N–H and O–H groups in total. The number of hydrogen-bond donors (Lipinski definition) is 1. The predicted octanol–water partition coefficient (Wildman–Crippen LogP) is 2.61. The number of carbonyl (C=O) groups is 1. The molecule has 2 rings (SSSR count). The number of aromatic nitrogens is 3. The van der Waals surface area contributed by atoms with Crippen molar-refractivity contribution >= 4 is 11.9 Å². The van der Waals surface area contributed by atoms with E-state index in [2.05, 4.69) is 15.3 Å². The monoisotopic (exact) mass is 260 g/mol. The number of amides is 1. The van der Waals surface area contributed by atoms with E-state index in [9.17, 15) is 4.79 Å². The Morgan fingerprint density at radius 1 is 1.37 bits per heavy atom. The molecule has 0 unspecified atom stereocenters. The predicted molar refractivity (Wildman–Crippen MR) is 71.2 cm³/mol. The molecule has 0 saturated heterocycles. The van der Waals surface area contributed by atoms with E-state index in [4.69, 9.17) is 4.74 Å². The van der Waals surface area contributed by atoms with E-state index < -0.39 is 11.7 Å². The van der Waals surface area contributed by atoms with Crippen molar-refractivity contribution in [3.8, 4) is 5.82 Å². The zero-order valence-electron chi connectivity index (χ0n) is 11.1. The van der Waals surface area contributed by atoms with Gasteiger partial charge in [-0.3, -0.25) is 9.88 Å². The second kappa shape index (κ2) is 5.09. The second-order valence-corrected chi connectivity index (χ2v) is 4.96. The van der Waals surface area contributed by atoms with Crippen LogP contribution < -0.4 is 5.32 Å². The fourth-order valence-corrected chi connectivity index (χ4v) is 1.47. The Bertz CT molecular complexity index is 558. The molecule has 100 valence electrons. The van der Waals surface area contributed by atoms with Gasteiger partial charge in [-0.2, -0.15) is 0 Å². The maximum absolute atomic E-state index is 11.7. The fourth-order valence-electron chi connectivity index (χ4n) is 1.47. The highest BCUT2D eigenvalue weighted by atomic mass is 16.6. The van der Waals surface area contributed by atoms with Gasteiger partial charge in [-0.05, 0) is 32.9 Å². The molecular formula is C13H16N4O2. The van der Waals surface area contributed by atoms with Gasteiger partial charge in [-0.25, -0.2) is 14.8 Å². The van der Waals surface area contributed by atoms with Gasteiger partial charge in [-0.15, -0.1) is 0 Å². The van der Waals surface area contributed by atoms with Crippen molar-refractivity contribution < 1.29 is 9.53 Å². The van der Waals surface area contributed by atoms with E-state index in [0.29, 0.717) is 11.6 Å². The molecule has 2 aromatic rings. The lowest BCUT2D eigenvalue weighted by atomic mass is 10.2. The van der Waals surface area contributed by atoms with Crippen molar-refractivity contribution in [2.45, 2.75) is 26.4 Å². The number of pyridine rings is 1. The minimum atomic E-state index is -0.542. The summed E-state index contributed by atoms with van der Waals surface area (Å²) in [6.07, 6.45) is 4.27. The highest BCUT2D eigenvalue weighted by Crippen LogP contribution is 2.14. The van der Waals surface area contributed by atoms with Crippen molar-refractivity contribution in [3.05, 3.63) is 36.9 Å². The largest absolute Gasteiger partial charge is 0.444 e. The van der Waals surface area contributed by atoms with Crippen LogP contribution in [0.1, 0.15) is 20.8 Å². The Morgan fingerprint density at radius 3 is 2.79 bits per heavy atom. The minimum Gasteiger partial charge on any atom is -0.444 e. The molecule has 6 nitrogen and oxygen atoms in total. The first-order valence-corrected chi connectivity index (χ1v) is 5.89. The van der Waals surface area contributed by atoms with E-state index >= 15 is 0 Å². The topological polar surface area (TPSA) is 69.0 Å². The van der Waals surface area contributed by atoms with Crippen LogP contribution in [0.25, 0.3) is 5.82 Å². The maximum Gasteiger partial charge on any atom is 0.413 e. The van der Waals surface area contributed by atoms with Crippen LogP contribution in [0.15, 0.2) is 36.9 Å². The average molecular weight is 260 g/mol. The number of carbonyl (C=O) groups excluding carboxylic acids is 1. The lowest BCUT2D eigenvalue weighted by Gasteiger charge is -2.19. The number of nitrogens with one attached hydrogen (secondary N) is 1. The van der Waals surface area contributed by atoms with Crippen LogP contribution in [0.2, 0.25) is 0 Å². The Kier molecular flexibility index (Phi) is 3.50. The van der Waals surface area contributed by atoms with E-state index in [-0.39, 0.29) is 0 Å².